The van der Waals surface area contributed by atoms with Crippen LogP contribution in [-0.2, 0) is 11.8 Å². The van der Waals surface area contributed by atoms with Crippen molar-refractivity contribution in [3.05, 3.63) is 67.7 Å². The van der Waals surface area contributed by atoms with Gasteiger partial charge in [0.15, 0.2) is 5.71 Å². The summed E-state index contributed by atoms with van der Waals surface area (Å²) >= 11 is 10.9. The smallest absolute Gasteiger partial charge is 0.276 e. The molecule has 2 heterocycles. The van der Waals surface area contributed by atoms with Gasteiger partial charge in [-0.05, 0) is 35.9 Å². The van der Waals surface area contributed by atoms with Gasteiger partial charge in [-0.25, -0.2) is 0 Å². The maximum Gasteiger partial charge on any atom is 0.276 e. The van der Waals surface area contributed by atoms with Crippen LogP contribution in [0.2, 0.25) is 5.02 Å². The zero-order chi connectivity index (χ0) is 18.3. The molecule has 0 radical (unpaired) electrons. The summed E-state index contributed by atoms with van der Waals surface area (Å²) in [5.41, 5.74) is 3.73. The number of carbonyl (C=O) groups is 1. The largest absolute Gasteiger partial charge is 0.320 e. The molecule has 8 heteroatoms. The van der Waals surface area contributed by atoms with Crippen LogP contribution in [0.3, 0.4) is 0 Å². The summed E-state index contributed by atoms with van der Waals surface area (Å²) in [6, 6.07) is 13.3. The molecule has 0 bridgehead atoms. The van der Waals surface area contributed by atoms with Crippen molar-refractivity contribution in [1.29, 1.82) is 0 Å². The van der Waals surface area contributed by atoms with Gasteiger partial charge in [-0.15, -0.1) is 21.5 Å². The number of hydrogen-bond acceptors (Lipinski definition) is 4. The molecule has 0 spiro atoms. The monoisotopic (exact) mass is 446 g/mol. The van der Waals surface area contributed by atoms with Crippen molar-refractivity contribution in [2.75, 3.05) is 5.32 Å². The normalized spacial score (nSPS) is 15.4. The third kappa shape index (κ3) is 3.13. The lowest BCUT2D eigenvalue weighted by Crippen LogP contribution is -2.15. The number of rotatable bonds is 2. The van der Waals surface area contributed by atoms with Gasteiger partial charge < -0.3 is 9.88 Å². The van der Waals surface area contributed by atoms with Crippen LogP contribution < -0.4 is 10.1 Å². The molecular formula is C18H12BrClN4OS. The Hall–Kier alpha value is -2.22. The Morgan fingerprint density at radius 3 is 2.69 bits per heavy atom. The van der Waals surface area contributed by atoms with Gasteiger partial charge in [0.25, 0.3) is 5.91 Å². The number of amides is 1. The SMILES string of the molecule is Cn1c(-c2ccc(Br)cc2)cs/c1=N\N=C1\C(=O)Nc2ccc(Cl)cc21. The lowest BCUT2D eigenvalue weighted by atomic mass is 10.1. The minimum absolute atomic E-state index is 0.265. The van der Waals surface area contributed by atoms with E-state index in [0.29, 0.717) is 21.1 Å². The number of fused-ring (bicyclic) bond motifs is 1. The Balaban J connectivity index is 1.75. The molecule has 0 saturated carbocycles. The van der Waals surface area contributed by atoms with Gasteiger partial charge in [-0.3, -0.25) is 4.79 Å². The number of nitrogens with zero attached hydrogens (tertiary/aromatic N) is 3. The quantitative estimate of drug-likeness (QED) is 0.581. The number of anilines is 1. The molecule has 2 aromatic carbocycles. The average molecular weight is 448 g/mol. The lowest BCUT2D eigenvalue weighted by Gasteiger charge is -2.02. The lowest BCUT2D eigenvalue weighted by molar-refractivity contribution is -0.110. The summed E-state index contributed by atoms with van der Waals surface area (Å²) in [5, 5.41) is 13.8. The molecule has 4 rings (SSSR count). The van der Waals surface area contributed by atoms with Crippen molar-refractivity contribution in [2.45, 2.75) is 0 Å². The topological polar surface area (TPSA) is 58.8 Å². The highest BCUT2D eigenvalue weighted by atomic mass is 79.9. The summed E-state index contributed by atoms with van der Waals surface area (Å²) in [4.78, 5) is 12.8. The second kappa shape index (κ2) is 6.83. The summed E-state index contributed by atoms with van der Waals surface area (Å²) in [6.45, 7) is 0. The van der Waals surface area contributed by atoms with Crippen LogP contribution in [-0.4, -0.2) is 16.2 Å². The summed E-state index contributed by atoms with van der Waals surface area (Å²) in [6.07, 6.45) is 0. The van der Waals surface area contributed by atoms with Crippen LogP contribution in [0.5, 0.6) is 0 Å². The van der Waals surface area contributed by atoms with Gasteiger partial charge in [0.05, 0.1) is 11.4 Å². The van der Waals surface area contributed by atoms with E-state index in [-0.39, 0.29) is 11.6 Å². The van der Waals surface area contributed by atoms with Crippen molar-refractivity contribution in [2.24, 2.45) is 17.3 Å². The van der Waals surface area contributed by atoms with Crippen LogP contribution in [0.15, 0.2) is 62.5 Å². The number of aromatic nitrogens is 1. The van der Waals surface area contributed by atoms with Gasteiger partial charge in [0, 0.05) is 27.5 Å². The van der Waals surface area contributed by atoms with E-state index < -0.39 is 0 Å². The number of carbonyl (C=O) groups excluding carboxylic acids is 1. The zero-order valence-corrected chi connectivity index (χ0v) is 16.7. The van der Waals surface area contributed by atoms with Crippen molar-refractivity contribution in [3.63, 3.8) is 0 Å². The molecule has 0 fully saturated rings. The molecule has 3 aromatic rings. The maximum absolute atomic E-state index is 12.2. The fraction of sp³-hybridized carbons (Fsp3) is 0.0556. The third-order valence-electron chi connectivity index (χ3n) is 4.00. The summed E-state index contributed by atoms with van der Waals surface area (Å²) < 4.78 is 2.98. The van der Waals surface area contributed by atoms with Crippen molar-refractivity contribution < 1.29 is 4.79 Å². The van der Waals surface area contributed by atoms with Crippen molar-refractivity contribution >= 4 is 56.2 Å². The molecule has 1 amide bonds. The highest BCUT2D eigenvalue weighted by Crippen LogP contribution is 2.27. The fourth-order valence-corrected chi connectivity index (χ4v) is 3.95. The van der Waals surface area contributed by atoms with E-state index in [1.54, 1.807) is 18.2 Å². The number of benzene rings is 2. The van der Waals surface area contributed by atoms with Crippen LogP contribution in [0.25, 0.3) is 11.3 Å². The number of hydrogen-bond donors (Lipinski definition) is 1. The van der Waals surface area contributed by atoms with E-state index in [1.807, 2.05) is 41.3 Å². The molecule has 1 aromatic heterocycles. The minimum Gasteiger partial charge on any atom is -0.320 e. The predicted molar refractivity (Wildman–Crippen MR) is 109 cm³/mol. The van der Waals surface area contributed by atoms with Crippen LogP contribution in [0.1, 0.15) is 5.56 Å². The predicted octanol–water partition coefficient (Wildman–Crippen LogP) is 4.43. The van der Waals surface area contributed by atoms with Crippen LogP contribution in [0, 0.1) is 0 Å². The molecule has 1 aliphatic heterocycles. The van der Waals surface area contributed by atoms with E-state index >= 15 is 0 Å². The fourth-order valence-electron chi connectivity index (χ4n) is 2.66. The zero-order valence-electron chi connectivity index (χ0n) is 13.5. The number of thiazole rings is 1. The molecule has 0 unspecified atom stereocenters. The van der Waals surface area contributed by atoms with E-state index in [2.05, 4.69) is 31.4 Å². The highest BCUT2D eigenvalue weighted by Gasteiger charge is 2.26. The Labute approximate surface area is 166 Å². The second-order valence-corrected chi connectivity index (χ2v) is 7.85. The first-order valence-electron chi connectivity index (χ1n) is 7.66. The van der Waals surface area contributed by atoms with Crippen molar-refractivity contribution in [1.82, 2.24) is 4.57 Å². The molecule has 5 nitrogen and oxygen atoms in total. The molecule has 1 N–H and O–H groups in total. The Morgan fingerprint density at radius 1 is 1.15 bits per heavy atom. The Morgan fingerprint density at radius 2 is 1.92 bits per heavy atom. The average Bonchev–Trinajstić information content (AvgIpc) is 3.13. The highest BCUT2D eigenvalue weighted by molar-refractivity contribution is 9.10. The third-order valence-corrected chi connectivity index (χ3v) is 5.67. The molecule has 26 heavy (non-hydrogen) atoms. The van der Waals surface area contributed by atoms with Crippen LogP contribution in [0.4, 0.5) is 5.69 Å². The van der Waals surface area contributed by atoms with Gasteiger partial charge in [-0.1, -0.05) is 39.7 Å². The second-order valence-electron chi connectivity index (χ2n) is 5.66. The van der Waals surface area contributed by atoms with E-state index in [9.17, 15) is 4.79 Å². The first-order valence-corrected chi connectivity index (χ1v) is 9.71. The number of halogens is 2. The summed E-state index contributed by atoms with van der Waals surface area (Å²) in [7, 11) is 1.92. The first-order chi connectivity index (χ1) is 12.5. The van der Waals surface area contributed by atoms with Gasteiger partial charge in [0.2, 0.25) is 4.80 Å². The molecule has 0 aliphatic carbocycles. The number of nitrogens with one attached hydrogen (secondary N) is 1. The summed E-state index contributed by atoms with van der Waals surface area (Å²) in [5.74, 6) is -0.279. The van der Waals surface area contributed by atoms with E-state index in [4.69, 9.17) is 11.6 Å². The molecular weight excluding hydrogens is 436 g/mol. The Bertz CT molecular complexity index is 1110. The molecule has 0 atom stereocenters. The van der Waals surface area contributed by atoms with Gasteiger partial charge >= 0.3 is 0 Å². The van der Waals surface area contributed by atoms with E-state index in [0.717, 1.165) is 15.7 Å². The van der Waals surface area contributed by atoms with Gasteiger partial charge in [-0.2, -0.15) is 0 Å². The molecule has 1 aliphatic rings. The molecule has 130 valence electrons. The minimum atomic E-state index is -0.279. The van der Waals surface area contributed by atoms with Crippen LogP contribution >= 0.6 is 38.9 Å². The molecule has 0 saturated heterocycles. The van der Waals surface area contributed by atoms with Gasteiger partial charge in [0.1, 0.15) is 0 Å². The standard InChI is InChI=1S/C18H12BrClN4OS/c1-24-15(10-2-4-11(19)5-3-10)9-26-18(24)23-22-16-13-8-12(20)6-7-14(13)21-17(16)25/h2-9H,1H3,(H,21,22,25)/b23-18-. The van der Waals surface area contributed by atoms with E-state index in [1.165, 1.54) is 11.3 Å². The first kappa shape index (κ1) is 17.2. The van der Waals surface area contributed by atoms with Crippen molar-refractivity contribution in [3.8, 4) is 11.3 Å². The maximum atomic E-state index is 12.2. The Kier molecular flexibility index (Phi) is 4.52.